The average Bonchev–Trinajstić information content (AvgIpc) is 3.09. The summed E-state index contributed by atoms with van der Waals surface area (Å²) in [6.45, 7) is 7.07. The Bertz CT molecular complexity index is 1010. The minimum absolute atomic E-state index is 0.0648. The normalized spacial score (nSPS) is 12.6. The molecule has 5 nitrogen and oxygen atoms in total. The van der Waals surface area contributed by atoms with E-state index in [0.29, 0.717) is 19.4 Å². The van der Waals surface area contributed by atoms with Gasteiger partial charge in [-0.3, -0.25) is 0 Å². The molecule has 0 radical (unpaired) electrons. The standard InChI is InChI=1S/C12H25O.2C12H25.C6H6O3S.O.Ti/c1-2-3-4-5-6-7-8-9-10-11-12-13;2*1-3-5-7-9-11-12-10-8-6-4-2;7-10(8,9)6-4-2-1-3-5-6;;/h2-12H2,1H3;2*1,3-12H2,2H3;1-5H,(H,7,8,9);;/q-1;;;;;+2/p-1. The molecule has 0 spiro atoms. The van der Waals surface area contributed by atoms with Gasteiger partial charge in [-0.15, -0.1) is 0 Å². The van der Waals surface area contributed by atoms with E-state index in [0.717, 1.165) is 44.9 Å². The monoisotopic (exact) mass is 745 g/mol. The maximum absolute atomic E-state index is 15.4. The van der Waals surface area contributed by atoms with E-state index in [2.05, 4.69) is 20.8 Å². The molecular formula is C42H80O5STi. The van der Waals surface area contributed by atoms with Gasteiger partial charge in [-0.25, -0.2) is 0 Å². The van der Waals surface area contributed by atoms with Crippen molar-refractivity contribution in [3.05, 3.63) is 30.3 Å². The zero-order valence-electron chi connectivity index (χ0n) is 32.7. The molecule has 0 aliphatic heterocycles. The predicted octanol–water partition coefficient (Wildman–Crippen LogP) is 14.9. The molecule has 0 heterocycles. The van der Waals surface area contributed by atoms with Gasteiger partial charge in [0.15, 0.2) is 0 Å². The molecule has 288 valence electrons. The van der Waals surface area contributed by atoms with Crippen LogP contribution in [0.15, 0.2) is 35.2 Å². The van der Waals surface area contributed by atoms with E-state index in [1.54, 1.807) is 18.2 Å². The minimum atomic E-state index is -5.63. The van der Waals surface area contributed by atoms with Crippen molar-refractivity contribution in [2.24, 2.45) is 0 Å². The van der Waals surface area contributed by atoms with E-state index in [4.69, 9.17) is 6.08 Å². The molecule has 0 N–H and O–H groups in total. The summed E-state index contributed by atoms with van der Waals surface area (Å²) in [5, 5.41) is 0. The summed E-state index contributed by atoms with van der Waals surface area (Å²) in [5.74, 6) is 0. The molecule has 1 rings (SSSR count). The van der Waals surface area contributed by atoms with Crippen molar-refractivity contribution < 1.29 is 33.9 Å². The van der Waals surface area contributed by atoms with Crippen LogP contribution in [0.25, 0.3) is 0 Å². The van der Waals surface area contributed by atoms with Crippen LogP contribution >= 0.6 is 0 Å². The number of hydrogen-bond donors (Lipinski definition) is 0. The molecule has 0 saturated heterocycles. The van der Waals surface area contributed by atoms with Crippen LogP contribution in [0.3, 0.4) is 0 Å². The van der Waals surface area contributed by atoms with Crippen molar-refractivity contribution in [2.45, 2.75) is 228 Å². The molecule has 0 aliphatic carbocycles. The van der Waals surface area contributed by atoms with Gasteiger partial charge in [0.05, 0.1) is 0 Å². The van der Waals surface area contributed by atoms with Gasteiger partial charge in [-0.2, -0.15) is 0 Å². The van der Waals surface area contributed by atoms with Crippen molar-refractivity contribution >= 4 is 10.1 Å². The Morgan fingerprint density at radius 2 is 0.755 bits per heavy atom. The second-order valence-corrected chi connectivity index (χ2v) is 23.7. The second-order valence-electron chi connectivity index (χ2n) is 15.1. The first-order valence-electron chi connectivity index (χ1n) is 21.3. The van der Waals surface area contributed by atoms with Crippen molar-refractivity contribution in [3.8, 4) is 0 Å². The third kappa shape index (κ3) is 24.5. The van der Waals surface area contributed by atoms with Crippen molar-refractivity contribution in [2.75, 3.05) is 6.61 Å². The van der Waals surface area contributed by atoms with E-state index in [1.807, 2.05) is 0 Å². The van der Waals surface area contributed by atoms with E-state index >= 15 is 3.32 Å². The fourth-order valence-electron chi connectivity index (χ4n) is 7.05. The van der Waals surface area contributed by atoms with Crippen LogP contribution in [0.5, 0.6) is 0 Å². The quantitative estimate of drug-likeness (QED) is 0.0501. The molecule has 0 fully saturated rings. The molecule has 0 bridgehead atoms. The van der Waals surface area contributed by atoms with E-state index in [9.17, 15) is 8.42 Å². The SMILES string of the molecule is CCCCCCCCCCCC[O][Ti](=[O])([CH2]CCCCCCCCCCC)([CH2]CCCCCCCCCCC)[O]S(=O)(=O)c1ccccc1. The fraction of sp³-hybridized carbons (Fsp3) is 0.857. The molecular weight excluding hydrogens is 664 g/mol. The molecule has 1 aromatic rings. The third-order valence-electron chi connectivity index (χ3n) is 10.3. The summed E-state index contributed by atoms with van der Waals surface area (Å²) < 4.78 is 55.7. The van der Waals surface area contributed by atoms with Crippen LogP contribution in [0.4, 0.5) is 0 Å². The second kappa shape index (κ2) is 30.1. The first-order valence-corrected chi connectivity index (χ1v) is 26.9. The van der Waals surface area contributed by atoms with Crippen molar-refractivity contribution in [1.29, 1.82) is 0 Å². The Balaban J connectivity index is 2.86. The number of hydrogen-bond acceptors (Lipinski definition) is 5. The van der Waals surface area contributed by atoms with Crippen molar-refractivity contribution in [1.82, 2.24) is 0 Å². The van der Waals surface area contributed by atoms with Crippen molar-refractivity contribution in [3.63, 3.8) is 0 Å². The molecule has 0 amide bonds. The Morgan fingerprint density at radius 3 is 1.10 bits per heavy atom. The third-order valence-corrected chi connectivity index (χ3v) is 19.9. The molecule has 0 unspecified atom stereocenters. The summed E-state index contributed by atoms with van der Waals surface area (Å²) in [7, 11) is -4.22. The van der Waals surface area contributed by atoms with Gasteiger partial charge in [-0.05, 0) is 0 Å². The van der Waals surface area contributed by atoms with E-state index < -0.39 is 26.2 Å². The van der Waals surface area contributed by atoms with Crippen LogP contribution < -0.4 is 0 Å². The van der Waals surface area contributed by atoms with Gasteiger partial charge in [0.2, 0.25) is 0 Å². The van der Waals surface area contributed by atoms with Crippen LogP contribution in [0.1, 0.15) is 213 Å². The Labute approximate surface area is 307 Å². The first kappa shape index (κ1) is 46.6. The van der Waals surface area contributed by atoms with Gasteiger partial charge in [0.1, 0.15) is 0 Å². The van der Waals surface area contributed by atoms with Gasteiger partial charge in [0, 0.05) is 0 Å². The predicted molar refractivity (Wildman–Crippen MR) is 206 cm³/mol. The van der Waals surface area contributed by atoms with E-state index in [1.165, 1.54) is 147 Å². The zero-order valence-corrected chi connectivity index (χ0v) is 35.0. The Morgan fingerprint density at radius 1 is 0.449 bits per heavy atom. The van der Waals surface area contributed by atoms with Crippen LogP contribution in [-0.4, -0.2) is 15.0 Å². The summed E-state index contributed by atoms with van der Waals surface area (Å²) in [5.41, 5.74) is 0. The summed E-state index contributed by atoms with van der Waals surface area (Å²) in [6.07, 6.45) is 35.3. The summed E-state index contributed by atoms with van der Waals surface area (Å²) >= 11 is -5.63. The van der Waals surface area contributed by atoms with Gasteiger partial charge in [-0.1, -0.05) is 6.92 Å². The zero-order chi connectivity index (χ0) is 35.8. The topological polar surface area (TPSA) is 69.7 Å². The summed E-state index contributed by atoms with van der Waals surface area (Å²) in [6, 6.07) is 8.25. The molecule has 0 saturated carbocycles. The molecule has 0 aromatic heterocycles. The average molecular weight is 745 g/mol. The van der Waals surface area contributed by atoms with Crippen LogP contribution in [0.2, 0.25) is 9.45 Å². The molecule has 1 aromatic carbocycles. The van der Waals surface area contributed by atoms with Crippen LogP contribution in [-0.2, 0) is 35.6 Å². The van der Waals surface area contributed by atoms with Gasteiger partial charge in [0.25, 0.3) is 0 Å². The summed E-state index contributed by atoms with van der Waals surface area (Å²) in [4.78, 5) is 0.0648. The Hall–Kier alpha value is -0.396. The van der Waals surface area contributed by atoms with E-state index in [-0.39, 0.29) is 14.3 Å². The first-order chi connectivity index (χ1) is 23.8. The molecule has 0 aliphatic rings. The number of unbranched alkanes of at least 4 members (excludes halogenated alkanes) is 27. The molecule has 0 atom stereocenters. The molecule has 7 heteroatoms. The maximum atomic E-state index is 15.4. The molecule has 49 heavy (non-hydrogen) atoms. The number of rotatable bonds is 37. The number of benzene rings is 1. The van der Waals surface area contributed by atoms with Gasteiger partial charge >= 0.3 is 302 Å². The van der Waals surface area contributed by atoms with Gasteiger partial charge < -0.3 is 0 Å². The fourth-order valence-corrected chi connectivity index (χ4v) is 16.8. The van der Waals surface area contributed by atoms with Crippen LogP contribution in [0, 0.1) is 0 Å². The Kier molecular flexibility index (Phi) is 28.6.